The molecule has 0 saturated carbocycles. The van der Waals surface area contributed by atoms with Crippen LogP contribution in [0.2, 0.25) is 0 Å². The molecule has 0 aliphatic carbocycles. The number of hydrogen-bond donors (Lipinski definition) is 0. The molecule has 1 aromatic rings. The van der Waals surface area contributed by atoms with E-state index in [9.17, 15) is 0 Å². The van der Waals surface area contributed by atoms with Gasteiger partial charge in [0, 0.05) is 20.8 Å². The van der Waals surface area contributed by atoms with Crippen molar-refractivity contribution in [1.82, 2.24) is 0 Å². The van der Waals surface area contributed by atoms with Gasteiger partial charge in [0.05, 0.1) is 0 Å². The summed E-state index contributed by atoms with van der Waals surface area (Å²) in [6.07, 6.45) is 3.91. The first-order chi connectivity index (χ1) is 9.15. The van der Waals surface area contributed by atoms with Crippen molar-refractivity contribution >= 4 is 15.8 Å². The summed E-state index contributed by atoms with van der Waals surface area (Å²) in [5.74, 6) is 0. The first-order valence-electron chi connectivity index (χ1n) is 6.53. The third-order valence-electron chi connectivity index (χ3n) is 3.24. The Morgan fingerprint density at radius 3 is 2.58 bits per heavy atom. The average Bonchev–Trinajstić information content (AvgIpc) is 2.47. The maximum absolute atomic E-state index is 5.74. The van der Waals surface area contributed by atoms with Crippen LogP contribution in [0.1, 0.15) is 24.5 Å². The van der Waals surface area contributed by atoms with Gasteiger partial charge >= 0.3 is 0 Å². The van der Waals surface area contributed by atoms with Crippen LogP contribution in [0.4, 0.5) is 0 Å². The van der Waals surface area contributed by atoms with Crippen LogP contribution in [0.3, 0.4) is 0 Å². The standard InChI is InChI=1S/C15H24O3Si/c1-5-13-9-6-7-10-14(13)11-8-12-18-19-15(2,16-3)17-4/h5-7,9-10H,1,8,11-12,19H2,2-4H3. The Morgan fingerprint density at radius 2 is 1.95 bits per heavy atom. The van der Waals surface area contributed by atoms with Gasteiger partial charge in [-0.3, -0.25) is 0 Å². The Bertz CT molecular complexity index is 389. The van der Waals surface area contributed by atoms with Crippen LogP contribution >= 0.6 is 0 Å². The van der Waals surface area contributed by atoms with Crippen molar-refractivity contribution in [3.8, 4) is 0 Å². The molecule has 0 radical (unpaired) electrons. The van der Waals surface area contributed by atoms with Crippen molar-refractivity contribution in [2.45, 2.75) is 25.2 Å². The van der Waals surface area contributed by atoms with E-state index in [2.05, 4.69) is 24.8 Å². The van der Waals surface area contributed by atoms with Gasteiger partial charge in [0.15, 0.2) is 5.41 Å². The van der Waals surface area contributed by atoms with Gasteiger partial charge in [-0.25, -0.2) is 0 Å². The molecule has 4 heteroatoms. The number of rotatable bonds is 9. The average molecular weight is 280 g/mol. The zero-order chi connectivity index (χ0) is 14.1. The van der Waals surface area contributed by atoms with E-state index in [-0.39, 0.29) is 0 Å². The third-order valence-corrected chi connectivity index (χ3v) is 4.83. The number of benzene rings is 1. The summed E-state index contributed by atoms with van der Waals surface area (Å²) in [4.78, 5) is 0. The molecule has 1 rings (SSSR count). The van der Waals surface area contributed by atoms with E-state index < -0.39 is 15.2 Å². The summed E-state index contributed by atoms with van der Waals surface area (Å²) < 4.78 is 16.3. The highest BCUT2D eigenvalue weighted by Crippen LogP contribution is 2.13. The van der Waals surface area contributed by atoms with E-state index in [1.165, 1.54) is 11.1 Å². The molecular weight excluding hydrogens is 256 g/mol. The molecule has 3 nitrogen and oxygen atoms in total. The van der Waals surface area contributed by atoms with Gasteiger partial charge in [-0.2, -0.15) is 0 Å². The summed E-state index contributed by atoms with van der Waals surface area (Å²) in [5, 5.41) is 0. The van der Waals surface area contributed by atoms with Crippen LogP contribution in [0.15, 0.2) is 30.8 Å². The van der Waals surface area contributed by atoms with Crippen molar-refractivity contribution in [2.75, 3.05) is 20.8 Å². The molecule has 106 valence electrons. The minimum Gasteiger partial charge on any atom is -0.418 e. The zero-order valence-electron chi connectivity index (χ0n) is 12.1. The lowest BCUT2D eigenvalue weighted by molar-refractivity contribution is -0.138. The van der Waals surface area contributed by atoms with E-state index in [0.29, 0.717) is 0 Å². The normalized spacial score (nSPS) is 12.2. The Hall–Kier alpha value is -0.943. The quantitative estimate of drug-likeness (QED) is 0.395. The SMILES string of the molecule is C=Cc1ccccc1CCCO[SiH2]C(C)(OC)OC. The molecule has 0 bridgehead atoms. The molecule has 0 aromatic heterocycles. The largest absolute Gasteiger partial charge is 0.418 e. The van der Waals surface area contributed by atoms with E-state index >= 15 is 0 Å². The van der Waals surface area contributed by atoms with Crippen molar-refractivity contribution in [2.24, 2.45) is 0 Å². The van der Waals surface area contributed by atoms with Gasteiger partial charge in [0.1, 0.15) is 0 Å². The van der Waals surface area contributed by atoms with Crippen LogP contribution in [-0.2, 0) is 20.3 Å². The Morgan fingerprint density at radius 1 is 1.26 bits per heavy atom. The van der Waals surface area contributed by atoms with Gasteiger partial charge in [-0.05, 0) is 30.9 Å². The summed E-state index contributed by atoms with van der Waals surface area (Å²) in [7, 11) is 2.46. The van der Waals surface area contributed by atoms with Gasteiger partial charge in [0.2, 0.25) is 9.76 Å². The fourth-order valence-electron chi connectivity index (χ4n) is 1.78. The molecule has 0 saturated heterocycles. The number of methoxy groups -OCH3 is 2. The molecule has 0 N–H and O–H groups in total. The molecule has 0 heterocycles. The molecule has 19 heavy (non-hydrogen) atoms. The molecule has 0 aliphatic rings. The predicted molar refractivity (Wildman–Crippen MR) is 81.8 cm³/mol. The third kappa shape index (κ3) is 5.28. The maximum Gasteiger partial charge on any atom is 0.227 e. The van der Waals surface area contributed by atoms with E-state index in [4.69, 9.17) is 13.9 Å². The lowest BCUT2D eigenvalue weighted by Crippen LogP contribution is -2.38. The molecule has 0 unspecified atom stereocenters. The van der Waals surface area contributed by atoms with E-state index in [0.717, 1.165) is 19.4 Å². The van der Waals surface area contributed by atoms with Crippen LogP contribution < -0.4 is 0 Å². The molecule has 0 atom stereocenters. The molecule has 0 amide bonds. The number of hydrogen-bond acceptors (Lipinski definition) is 3. The zero-order valence-corrected chi connectivity index (χ0v) is 13.6. The van der Waals surface area contributed by atoms with Crippen LogP contribution in [-0.4, -0.2) is 36.0 Å². The minimum absolute atomic E-state index is 0.515. The number of aryl methyl sites for hydroxylation is 1. The molecule has 0 fully saturated rings. The highest BCUT2D eigenvalue weighted by atomic mass is 28.2. The smallest absolute Gasteiger partial charge is 0.227 e. The van der Waals surface area contributed by atoms with E-state index in [1.54, 1.807) is 14.2 Å². The fraction of sp³-hybridized carbons (Fsp3) is 0.467. The van der Waals surface area contributed by atoms with Crippen molar-refractivity contribution in [3.05, 3.63) is 42.0 Å². The topological polar surface area (TPSA) is 27.7 Å². The summed E-state index contributed by atoms with van der Waals surface area (Å²) in [6, 6.07) is 8.32. The van der Waals surface area contributed by atoms with Crippen LogP contribution in [0.5, 0.6) is 0 Å². The van der Waals surface area contributed by atoms with Crippen molar-refractivity contribution < 1.29 is 13.9 Å². The number of ether oxygens (including phenoxy) is 2. The second-order valence-electron chi connectivity index (χ2n) is 4.60. The van der Waals surface area contributed by atoms with Gasteiger partial charge in [-0.1, -0.05) is 36.9 Å². The Labute approximate surface area is 118 Å². The maximum atomic E-state index is 5.74. The van der Waals surface area contributed by atoms with Gasteiger partial charge in [0.25, 0.3) is 0 Å². The minimum atomic E-state index is -0.851. The molecule has 0 spiro atoms. The van der Waals surface area contributed by atoms with Crippen molar-refractivity contribution in [3.63, 3.8) is 0 Å². The van der Waals surface area contributed by atoms with Crippen molar-refractivity contribution in [1.29, 1.82) is 0 Å². The summed E-state index contributed by atoms with van der Waals surface area (Å²) in [6.45, 7) is 6.51. The lowest BCUT2D eigenvalue weighted by Gasteiger charge is -2.25. The van der Waals surface area contributed by atoms with Gasteiger partial charge < -0.3 is 13.9 Å². The summed E-state index contributed by atoms with van der Waals surface area (Å²) >= 11 is 0. The van der Waals surface area contributed by atoms with E-state index in [1.807, 2.05) is 19.1 Å². The van der Waals surface area contributed by atoms with Crippen LogP contribution in [0.25, 0.3) is 6.08 Å². The highest BCUT2D eigenvalue weighted by Gasteiger charge is 2.23. The molecule has 1 aromatic carbocycles. The fourth-order valence-corrected chi connectivity index (χ4v) is 2.74. The Balaban J connectivity index is 2.29. The van der Waals surface area contributed by atoms with Gasteiger partial charge in [-0.15, -0.1) is 0 Å². The van der Waals surface area contributed by atoms with Crippen LogP contribution in [0, 0.1) is 0 Å². The first-order valence-corrected chi connectivity index (χ1v) is 7.82. The predicted octanol–water partition coefficient (Wildman–Crippen LogP) is 2.33. The monoisotopic (exact) mass is 280 g/mol. The molecule has 0 aliphatic heterocycles. The lowest BCUT2D eigenvalue weighted by atomic mass is 10.0. The second kappa shape index (κ2) is 8.27. The molecular formula is C15H24O3Si. The summed E-state index contributed by atoms with van der Waals surface area (Å²) in [5.41, 5.74) is 2.02. The first kappa shape index (κ1) is 16.1. The second-order valence-corrected chi connectivity index (χ2v) is 6.58. The Kier molecular flexibility index (Phi) is 7.01. The highest BCUT2D eigenvalue weighted by molar-refractivity contribution is 6.30.